The van der Waals surface area contributed by atoms with Crippen molar-refractivity contribution in [1.29, 1.82) is 0 Å². The predicted molar refractivity (Wildman–Crippen MR) is 39.4 cm³/mol. The first-order chi connectivity index (χ1) is 5.66. The van der Waals surface area contributed by atoms with Crippen molar-refractivity contribution in [3.8, 4) is 0 Å². The smallest absolute Gasteiger partial charge is 0.261 e. The number of hydrogen-bond acceptors (Lipinski definition) is 3. The number of fused-ring (bicyclic) bond motifs is 1. The normalized spacial score (nSPS) is 15.8. The maximum absolute atomic E-state index is 11.1. The van der Waals surface area contributed by atoms with Crippen molar-refractivity contribution in [2.24, 2.45) is 7.05 Å². The van der Waals surface area contributed by atoms with Gasteiger partial charge in [-0.3, -0.25) is 19.6 Å². The molecule has 0 saturated carbocycles. The van der Waals surface area contributed by atoms with Crippen LogP contribution in [0.3, 0.4) is 0 Å². The van der Waals surface area contributed by atoms with Crippen LogP contribution in [0.5, 0.6) is 0 Å². The molecule has 5 nitrogen and oxygen atoms in total. The lowest BCUT2D eigenvalue weighted by Gasteiger charge is -2.07. The van der Waals surface area contributed by atoms with Gasteiger partial charge in [0.25, 0.3) is 5.91 Å². The quantitative estimate of drug-likeness (QED) is 0.513. The number of amides is 2. The van der Waals surface area contributed by atoms with E-state index in [0.717, 1.165) is 0 Å². The van der Waals surface area contributed by atoms with Crippen molar-refractivity contribution in [2.75, 3.05) is 0 Å². The third-order valence-electron chi connectivity index (χ3n) is 1.73. The van der Waals surface area contributed by atoms with Crippen molar-refractivity contribution in [1.82, 2.24) is 15.1 Å². The molecule has 2 amide bonds. The standard InChI is InChI=1S/C7H7N3O2/c1-10-3-4-5(9-10)2-6(11)8-7(4)12/h3H,2H2,1H3,(H,8,11,12). The Morgan fingerprint density at radius 1 is 1.58 bits per heavy atom. The summed E-state index contributed by atoms with van der Waals surface area (Å²) in [4.78, 5) is 22.0. The third kappa shape index (κ3) is 0.903. The topological polar surface area (TPSA) is 64.0 Å². The van der Waals surface area contributed by atoms with E-state index in [0.29, 0.717) is 11.3 Å². The van der Waals surface area contributed by atoms with Crippen LogP contribution in [-0.2, 0) is 18.3 Å². The first-order valence-electron chi connectivity index (χ1n) is 3.53. The molecule has 0 fully saturated rings. The van der Waals surface area contributed by atoms with Gasteiger partial charge in [-0.25, -0.2) is 0 Å². The highest BCUT2D eigenvalue weighted by Gasteiger charge is 2.24. The number of carbonyl (C=O) groups excluding carboxylic acids is 2. The number of carbonyl (C=O) groups is 2. The molecule has 1 aromatic heterocycles. The molecule has 2 heterocycles. The number of hydrogen-bond donors (Lipinski definition) is 1. The molecule has 0 unspecified atom stereocenters. The lowest BCUT2D eigenvalue weighted by Crippen LogP contribution is -2.36. The molecule has 0 bridgehead atoms. The van der Waals surface area contributed by atoms with Gasteiger partial charge in [0, 0.05) is 13.2 Å². The lowest BCUT2D eigenvalue weighted by atomic mass is 10.1. The van der Waals surface area contributed by atoms with Crippen LogP contribution in [0.25, 0.3) is 0 Å². The van der Waals surface area contributed by atoms with Gasteiger partial charge in [-0.1, -0.05) is 0 Å². The zero-order valence-corrected chi connectivity index (χ0v) is 6.50. The molecule has 2 rings (SSSR count). The highest BCUT2D eigenvalue weighted by molar-refractivity contribution is 6.09. The summed E-state index contributed by atoms with van der Waals surface area (Å²) in [5.41, 5.74) is 1.06. The number of nitrogens with zero attached hydrogens (tertiary/aromatic N) is 2. The van der Waals surface area contributed by atoms with E-state index < -0.39 is 0 Å². The van der Waals surface area contributed by atoms with Crippen molar-refractivity contribution >= 4 is 11.8 Å². The second-order valence-corrected chi connectivity index (χ2v) is 2.72. The highest BCUT2D eigenvalue weighted by atomic mass is 16.2. The van der Waals surface area contributed by atoms with Crippen molar-refractivity contribution in [2.45, 2.75) is 6.42 Å². The zero-order valence-electron chi connectivity index (χ0n) is 6.50. The molecular weight excluding hydrogens is 158 g/mol. The Morgan fingerprint density at radius 2 is 2.33 bits per heavy atom. The fourth-order valence-corrected chi connectivity index (χ4v) is 1.24. The van der Waals surface area contributed by atoms with Crippen LogP contribution >= 0.6 is 0 Å². The molecule has 0 aromatic carbocycles. The summed E-state index contributed by atoms with van der Waals surface area (Å²) < 4.78 is 1.53. The number of aromatic nitrogens is 2. The Morgan fingerprint density at radius 3 is 3.08 bits per heavy atom. The predicted octanol–water partition coefficient (Wildman–Crippen LogP) is -0.767. The molecular formula is C7H7N3O2. The van der Waals surface area contributed by atoms with Gasteiger partial charge in [-0.15, -0.1) is 0 Å². The van der Waals surface area contributed by atoms with E-state index in [1.807, 2.05) is 0 Å². The summed E-state index contributed by atoms with van der Waals surface area (Å²) in [6.45, 7) is 0. The van der Waals surface area contributed by atoms with E-state index in [9.17, 15) is 9.59 Å². The maximum Gasteiger partial charge on any atom is 0.261 e. The van der Waals surface area contributed by atoms with Gasteiger partial charge in [-0.2, -0.15) is 5.10 Å². The van der Waals surface area contributed by atoms with Crippen LogP contribution in [0.4, 0.5) is 0 Å². The number of aryl methyl sites for hydroxylation is 1. The Hall–Kier alpha value is -1.65. The molecule has 1 aromatic rings. The van der Waals surface area contributed by atoms with Crippen molar-refractivity contribution < 1.29 is 9.59 Å². The van der Waals surface area contributed by atoms with Crippen molar-refractivity contribution in [3.05, 3.63) is 17.5 Å². The average Bonchev–Trinajstić information content (AvgIpc) is 2.29. The summed E-state index contributed by atoms with van der Waals surface area (Å²) >= 11 is 0. The van der Waals surface area contributed by atoms with Crippen molar-refractivity contribution in [3.63, 3.8) is 0 Å². The van der Waals surface area contributed by atoms with E-state index >= 15 is 0 Å². The summed E-state index contributed by atoms with van der Waals surface area (Å²) in [6.07, 6.45) is 1.80. The van der Waals surface area contributed by atoms with Gasteiger partial charge >= 0.3 is 0 Å². The lowest BCUT2D eigenvalue weighted by molar-refractivity contribution is -0.119. The number of imide groups is 1. The van der Waals surface area contributed by atoms with E-state index in [1.54, 1.807) is 13.2 Å². The van der Waals surface area contributed by atoms with Gasteiger partial charge in [-0.05, 0) is 0 Å². The monoisotopic (exact) mass is 165 g/mol. The molecule has 1 aliphatic rings. The summed E-state index contributed by atoms with van der Waals surface area (Å²) in [5.74, 6) is -0.638. The molecule has 62 valence electrons. The molecule has 1 N–H and O–H groups in total. The number of nitrogens with one attached hydrogen (secondary N) is 1. The minimum absolute atomic E-state index is 0.196. The summed E-state index contributed by atoms with van der Waals surface area (Å²) in [7, 11) is 1.72. The van der Waals surface area contributed by atoms with Gasteiger partial charge in [0.05, 0.1) is 17.7 Å². The maximum atomic E-state index is 11.1. The van der Waals surface area contributed by atoms with Gasteiger partial charge in [0.2, 0.25) is 5.91 Å². The molecule has 0 saturated heterocycles. The molecule has 0 atom stereocenters. The van der Waals surface area contributed by atoms with E-state index in [4.69, 9.17) is 0 Å². The molecule has 0 aliphatic carbocycles. The fourth-order valence-electron chi connectivity index (χ4n) is 1.24. The second-order valence-electron chi connectivity index (χ2n) is 2.72. The Balaban J connectivity index is 2.53. The Labute approximate surface area is 68.4 Å². The van der Waals surface area contributed by atoms with E-state index in [-0.39, 0.29) is 18.2 Å². The molecule has 12 heavy (non-hydrogen) atoms. The fraction of sp³-hybridized carbons (Fsp3) is 0.286. The summed E-state index contributed by atoms with van der Waals surface area (Å²) in [6, 6.07) is 0. The second kappa shape index (κ2) is 2.17. The van der Waals surface area contributed by atoms with E-state index in [2.05, 4.69) is 10.4 Å². The molecule has 0 spiro atoms. The van der Waals surface area contributed by atoms with Crippen LogP contribution in [0.15, 0.2) is 6.20 Å². The Kier molecular flexibility index (Phi) is 1.27. The van der Waals surface area contributed by atoms with Crippen LogP contribution in [-0.4, -0.2) is 21.6 Å². The van der Waals surface area contributed by atoms with Crippen LogP contribution in [0.2, 0.25) is 0 Å². The first-order valence-corrected chi connectivity index (χ1v) is 3.53. The third-order valence-corrected chi connectivity index (χ3v) is 1.73. The largest absolute Gasteiger partial charge is 0.292 e. The number of rotatable bonds is 0. The van der Waals surface area contributed by atoms with Crippen LogP contribution < -0.4 is 5.32 Å². The molecule has 5 heteroatoms. The molecule has 0 radical (unpaired) electrons. The molecule has 1 aliphatic heterocycles. The van der Waals surface area contributed by atoms with Gasteiger partial charge in [0.1, 0.15) is 0 Å². The van der Waals surface area contributed by atoms with Gasteiger partial charge in [0.15, 0.2) is 0 Å². The minimum Gasteiger partial charge on any atom is -0.292 e. The van der Waals surface area contributed by atoms with Crippen LogP contribution in [0, 0.1) is 0 Å². The zero-order chi connectivity index (χ0) is 8.72. The van der Waals surface area contributed by atoms with Crippen LogP contribution in [0.1, 0.15) is 16.1 Å². The SMILES string of the molecule is Cn1cc2c(n1)CC(=O)NC2=O. The highest BCUT2D eigenvalue weighted by Crippen LogP contribution is 2.10. The van der Waals surface area contributed by atoms with Gasteiger partial charge < -0.3 is 0 Å². The Bertz CT molecular complexity index is 367. The average molecular weight is 165 g/mol. The first kappa shape index (κ1) is 7.02. The minimum atomic E-state index is -0.352. The summed E-state index contributed by atoms with van der Waals surface area (Å²) in [5, 5.41) is 6.20. The van der Waals surface area contributed by atoms with E-state index in [1.165, 1.54) is 4.68 Å².